The van der Waals surface area contributed by atoms with Gasteiger partial charge in [-0.15, -0.1) is 0 Å². The van der Waals surface area contributed by atoms with E-state index in [9.17, 15) is 0 Å². The molecule has 0 aliphatic heterocycles. The molecule has 0 rings (SSSR count). The summed E-state index contributed by atoms with van der Waals surface area (Å²) in [5, 5.41) is 0. The largest absolute Gasteiger partial charge is 0.324 e. The highest BCUT2D eigenvalue weighted by atomic mass is 35.6. The summed E-state index contributed by atoms with van der Waals surface area (Å²) in [5.74, 6) is 0. The minimum absolute atomic E-state index is 0.736. The Morgan fingerprint density at radius 3 is 1.55 bits per heavy atom. The first-order chi connectivity index (χ1) is 4.67. The van der Waals surface area contributed by atoms with Crippen LogP contribution in [0.15, 0.2) is 0 Å². The Morgan fingerprint density at radius 2 is 1.45 bits per heavy atom. The van der Waals surface area contributed by atoms with E-state index in [4.69, 9.17) is 74.3 Å². The molecule has 0 heterocycles. The molecule has 0 radical (unpaired) electrons. The van der Waals surface area contributed by atoms with E-state index in [0.29, 0.717) is 0 Å². The topological polar surface area (TPSA) is 9.23 Å². The highest BCUT2D eigenvalue weighted by Crippen LogP contribution is 2.47. The summed E-state index contributed by atoms with van der Waals surface area (Å²) < 4.78 is 0.840. The van der Waals surface area contributed by atoms with E-state index in [1.54, 1.807) is 0 Å². The number of hydrogen-bond donors (Lipinski definition) is 0. The van der Waals surface area contributed by atoms with Crippen LogP contribution in [0.5, 0.6) is 0 Å². The summed E-state index contributed by atoms with van der Waals surface area (Å²) >= 11 is 32.4. The molecule has 0 aromatic heterocycles. The normalized spacial score (nSPS) is 16.6. The molecule has 68 valence electrons. The summed E-state index contributed by atoms with van der Waals surface area (Å²) in [7, 11) is 0. The lowest BCUT2D eigenvalue weighted by Crippen LogP contribution is -2.35. The first kappa shape index (κ1) is 12.7. The van der Waals surface area contributed by atoms with E-state index in [2.05, 4.69) is 0 Å². The van der Waals surface area contributed by atoms with Gasteiger partial charge >= 0.3 is 0 Å². The van der Waals surface area contributed by atoms with Crippen LogP contribution in [0.25, 0.3) is 0 Å². The Labute approximate surface area is 94.8 Å². The van der Waals surface area contributed by atoms with Gasteiger partial charge in [-0.25, -0.2) is 0 Å². The fraction of sp³-hybridized carbons (Fsp3) is 1.00. The molecule has 0 aromatic carbocycles. The Morgan fingerprint density at radius 1 is 1.09 bits per heavy atom. The van der Waals surface area contributed by atoms with Gasteiger partial charge in [0.2, 0.25) is 3.79 Å². The lowest BCUT2D eigenvalue weighted by atomic mass is 10.7. The van der Waals surface area contributed by atoms with Crippen LogP contribution in [-0.4, -0.2) is 13.9 Å². The molecule has 0 aliphatic rings. The van der Waals surface area contributed by atoms with Gasteiger partial charge in [-0.05, 0) is 6.92 Å². The van der Waals surface area contributed by atoms with Crippen molar-refractivity contribution in [3.8, 4) is 0 Å². The second-order valence-electron chi connectivity index (χ2n) is 1.68. The predicted molar refractivity (Wildman–Crippen MR) is 51.1 cm³/mol. The third kappa shape index (κ3) is 4.47. The van der Waals surface area contributed by atoms with Gasteiger partial charge in [-0.2, -0.15) is 0 Å². The average Bonchev–Trinajstić information content (AvgIpc) is 1.56. The Bertz CT molecular complexity index is 127. The maximum absolute atomic E-state index is 5.47. The smallest absolute Gasteiger partial charge is 0.267 e. The van der Waals surface area contributed by atoms with Crippen LogP contribution in [0, 0.1) is 0 Å². The van der Waals surface area contributed by atoms with Crippen molar-refractivity contribution in [1.29, 1.82) is 0 Å². The van der Waals surface area contributed by atoms with Crippen molar-refractivity contribution >= 4 is 69.6 Å². The summed E-state index contributed by atoms with van der Waals surface area (Å²) in [6.07, 6.45) is 0. The van der Waals surface area contributed by atoms with E-state index in [1.807, 2.05) is 0 Å². The van der Waals surface area contributed by atoms with Gasteiger partial charge in [0, 0.05) is 0 Å². The Kier molecular flexibility index (Phi) is 4.94. The lowest BCUT2D eigenvalue weighted by Gasteiger charge is -2.28. The molecule has 0 saturated heterocycles. The summed E-state index contributed by atoms with van der Waals surface area (Å²) in [6, 6.07) is 0. The number of ether oxygens (including phenoxy) is 1. The third-order valence-corrected chi connectivity index (χ3v) is 2.85. The quantitative estimate of drug-likeness (QED) is 0.692. The molecule has 0 fully saturated rings. The highest BCUT2D eigenvalue weighted by molar-refractivity contribution is 6.75. The SMILES string of the molecule is CC(Cl)OC(Cl)(Cl)C(Cl)(Cl)Cl. The molecular weight excluding hydrogens is 277 g/mol. The van der Waals surface area contributed by atoms with Gasteiger partial charge in [0.15, 0.2) is 0 Å². The van der Waals surface area contributed by atoms with Crippen LogP contribution in [-0.2, 0) is 4.74 Å². The first-order valence-corrected chi connectivity index (χ1v) is 4.76. The van der Waals surface area contributed by atoms with E-state index < -0.39 is 13.9 Å². The Balaban J connectivity index is 4.22. The van der Waals surface area contributed by atoms with E-state index in [0.717, 1.165) is 0 Å². The van der Waals surface area contributed by atoms with Crippen molar-refractivity contribution in [1.82, 2.24) is 0 Å². The van der Waals surface area contributed by atoms with Gasteiger partial charge in [0.1, 0.15) is 5.56 Å². The van der Waals surface area contributed by atoms with Crippen LogP contribution in [0.4, 0.5) is 0 Å². The zero-order valence-electron chi connectivity index (χ0n) is 5.25. The predicted octanol–water partition coefficient (Wildman–Crippen LogP) is 4.09. The molecule has 0 bridgehead atoms. The molecule has 0 spiro atoms. The van der Waals surface area contributed by atoms with Gasteiger partial charge in [-0.1, -0.05) is 69.6 Å². The second kappa shape index (κ2) is 4.28. The first-order valence-electron chi connectivity index (χ1n) is 2.43. The van der Waals surface area contributed by atoms with Crippen LogP contribution in [0.3, 0.4) is 0 Å². The van der Waals surface area contributed by atoms with E-state index in [1.165, 1.54) is 6.92 Å². The molecule has 0 saturated carbocycles. The number of rotatable bonds is 2. The average molecular weight is 281 g/mol. The fourth-order valence-electron chi connectivity index (χ4n) is 0.271. The summed E-state index contributed by atoms with van der Waals surface area (Å²) in [6.45, 7) is 1.50. The van der Waals surface area contributed by atoms with Crippen LogP contribution in [0.1, 0.15) is 6.92 Å². The van der Waals surface area contributed by atoms with E-state index >= 15 is 0 Å². The molecule has 1 atom stereocenters. The molecule has 7 heteroatoms. The molecule has 1 nitrogen and oxygen atoms in total. The van der Waals surface area contributed by atoms with Gasteiger partial charge in [0.25, 0.3) is 4.52 Å². The number of alkyl halides is 6. The zero-order chi connectivity index (χ0) is 9.28. The highest BCUT2D eigenvalue weighted by Gasteiger charge is 2.48. The monoisotopic (exact) mass is 278 g/mol. The van der Waals surface area contributed by atoms with Crippen LogP contribution < -0.4 is 0 Å². The molecule has 0 aliphatic carbocycles. The van der Waals surface area contributed by atoms with Gasteiger partial charge in [-0.3, -0.25) is 0 Å². The van der Waals surface area contributed by atoms with Crippen molar-refractivity contribution in [2.24, 2.45) is 0 Å². The van der Waals surface area contributed by atoms with Crippen molar-refractivity contribution in [2.45, 2.75) is 20.8 Å². The van der Waals surface area contributed by atoms with Crippen LogP contribution in [0.2, 0.25) is 0 Å². The van der Waals surface area contributed by atoms with Crippen molar-refractivity contribution < 1.29 is 4.74 Å². The summed E-state index contributed by atoms with van der Waals surface area (Å²) in [5.41, 5.74) is -0.736. The van der Waals surface area contributed by atoms with Crippen molar-refractivity contribution in [3.63, 3.8) is 0 Å². The Hall–Kier alpha value is 1.70. The minimum Gasteiger partial charge on any atom is -0.324 e. The summed E-state index contributed by atoms with van der Waals surface area (Å²) in [4.78, 5) is 0. The third-order valence-electron chi connectivity index (χ3n) is 0.640. The molecular formula is C4H4Cl6O. The van der Waals surface area contributed by atoms with Crippen molar-refractivity contribution in [2.75, 3.05) is 0 Å². The minimum atomic E-state index is -1.93. The lowest BCUT2D eigenvalue weighted by molar-refractivity contribution is 0.0664. The van der Waals surface area contributed by atoms with Gasteiger partial charge in [0.05, 0.1) is 0 Å². The number of hydrogen-bond acceptors (Lipinski definition) is 1. The van der Waals surface area contributed by atoms with Gasteiger partial charge < -0.3 is 4.74 Å². The molecule has 0 N–H and O–H groups in total. The van der Waals surface area contributed by atoms with E-state index in [-0.39, 0.29) is 0 Å². The van der Waals surface area contributed by atoms with Crippen LogP contribution >= 0.6 is 69.6 Å². The molecule has 11 heavy (non-hydrogen) atoms. The maximum Gasteiger partial charge on any atom is 0.267 e. The zero-order valence-corrected chi connectivity index (χ0v) is 9.79. The standard InChI is InChI=1S/C4H4Cl6O/c1-2(5)11-4(9,10)3(6,7)8/h2H,1H3. The number of halogens is 6. The maximum atomic E-state index is 5.47. The van der Waals surface area contributed by atoms with Crippen molar-refractivity contribution in [3.05, 3.63) is 0 Å². The fourth-order valence-corrected chi connectivity index (χ4v) is 0.896. The molecule has 0 aromatic rings. The molecule has 0 amide bonds. The second-order valence-corrected chi connectivity index (χ2v) is 5.83. The molecule has 1 unspecified atom stereocenters.